The highest BCUT2D eigenvalue weighted by molar-refractivity contribution is 5.76. The van der Waals surface area contributed by atoms with Crippen LogP contribution in [0.3, 0.4) is 0 Å². The van der Waals surface area contributed by atoms with Crippen molar-refractivity contribution in [3.05, 3.63) is 54.1 Å². The van der Waals surface area contributed by atoms with Gasteiger partial charge in [0.05, 0.1) is 11.4 Å². The van der Waals surface area contributed by atoms with E-state index in [4.69, 9.17) is 0 Å². The minimum atomic E-state index is 0.597. The van der Waals surface area contributed by atoms with Crippen LogP contribution in [0.1, 0.15) is 10.4 Å². The Balaban J connectivity index is 2.15. The number of benzene rings is 2. The zero-order valence-electron chi connectivity index (χ0n) is 10.9. The molecule has 2 rings (SSSR count). The largest absolute Gasteiger partial charge is 0.378 e. The molecule has 4 heteroatoms. The molecule has 19 heavy (non-hydrogen) atoms. The van der Waals surface area contributed by atoms with Gasteiger partial charge in [0.2, 0.25) is 0 Å². The molecular weight excluding hydrogens is 238 g/mol. The van der Waals surface area contributed by atoms with Gasteiger partial charge < -0.3 is 4.90 Å². The number of hydrogen-bond acceptors (Lipinski definition) is 4. The van der Waals surface area contributed by atoms with Crippen molar-refractivity contribution in [3.63, 3.8) is 0 Å². The molecule has 2 aromatic rings. The summed E-state index contributed by atoms with van der Waals surface area (Å²) in [6.07, 6.45) is 0.797. The van der Waals surface area contributed by atoms with E-state index in [2.05, 4.69) is 10.2 Å². The summed E-state index contributed by atoms with van der Waals surface area (Å²) in [5.41, 5.74) is 3.16. The third-order valence-electron chi connectivity index (χ3n) is 2.65. The van der Waals surface area contributed by atoms with Crippen LogP contribution in [0, 0.1) is 0 Å². The molecule has 0 unspecified atom stereocenters. The van der Waals surface area contributed by atoms with Gasteiger partial charge in [-0.3, -0.25) is 4.79 Å². The lowest BCUT2D eigenvalue weighted by atomic mass is 10.2. The maximum Gasteiger partial charge on any atom is 0.150 e. The minimum Gasteiger partial charge on any atom is -0.378 e. The summed E-state index contributed by atoms with van der Waals surface area (Å²) in [6.45, 7) is 0. The Morgan fingerprint density at radius 1 is 0.947 bits per heavy atom. The Bertz CT molecular complexity index is 589. The van der Waals surface area contributed by atoms with Crippen LogP contribution in [0.2, 0.25) is 0 Å². The summed E-state index contributed by atoms with van der Waals surface area (Å²) in [7, 11) is 3.98. The van der Waals surface area contributed by atoms with E-state index in [0.717, 1.165) is 17.7 Å². The van der Waals surface area contributed by atoms with Gasteiger partial charge >= 0.3 is 0 Å². The number of rotatable bonds is 4. The third-order valence-corrected chi connectivity index (χ3v) is 2.65. The average Bonchev–Trinajstić information content (AvgIpc) is 2.46. The lowest BCUT2D eigenvalue weighted by Crippen LogP contribution is -2.07. The standard InChI is InChI=1S/C15H15N3O/c1-18(2)15-8-6-13(7-9-15)16-17-14-5-3-4-12(10-14)11-19/h3-11H,1-2H3. The number of anilines is 1. The van der Waals surface area contributed by atoms with Gasteiger partial charge in [0.15, 0.2) is 0 Å². The van der Waals surface area contributed by atoms with Crippen LogP contribution in [-0.2, 0) is 0 Å². The molecule has 0 saturated heterocycles. The van der Waals surface area contributed by atoms with Gasteiger partial charge in [0.25, 0.3) is 0 Å². The van der Waals surface area contributed by atoms with E-state index in [0.29, 0.717) is 11.3 Å². The molecule has 0 fully saturated rings. The zero-order valence-corrected chi connectivity index (χ0v) is 10.9. The first-order valence-electron chi connectivity index (χ1n) is 5.93. The number of azo groups is 1. The highest BCUT2D eigenvalue weighted by Crippen LogP contribution is 2.21. The zero-order chi connectivity index (χ0) is 13.7. The highest BCUT2D eigenvalue weighted by atomic mass is 16.1. The van der Waals surface area contributed by atoms with E-state index < -0.39 is 0 Å². The Kier molecular flexibility index (Phi) is 4.03. The van der Waals surface area contributed by atoms with Gasteiger partial charge in [-0.2, -0.15) is 10.2 Å². The van der Waals surface area contributed by atoms with Crippen LogP contribution < -0.4 is 4.90 Å². The Morgan fingerprint density at radius 2 is 1.63 bits per heavy atom. The summed E-state index contributed by atoms with van der Waals surface area (Å²) < 4.78 is 0. The molecule has 0 spiro atoms. The monoisotopic (exact) mass is 253 g/mol. The molecule has 0 saturated carbocycles. The van der Waals surface area contributed by atoms with E-state index in [-0.39, 0.29) is 0 Å². The van der Waals surface area contributed by atoms with Crippen molar-refractivity contribution in [1.82, 2.24) is 0 Å². The number of carbonyl (C=O) groups excluding carboxylic acids is 1. The van der Waals surface area contributed by atoms with Crippen molar-refractivity contribution in [1.29, 1.82) is 0 Å². The van der Waals surface area contributed by atoms with E-state index in [1.54, 1.807) is 18.2 Å². The lowest BCUT2D eigenvalue weighted by Gasteiger charge is -2.11. The smallest absolute Gasteiger partial charge is 0.150 e. The molecule has 0 aliphatic carbocycles. The normalized spacial score (nSPS) is 10.6. The first kappa shape index (κ1) is 13.0. The molecule has 0 amide bonds. The van der Waals surface area contributed by atoms with Crippen molar-refractivity contribution in [3.8, 4) is 0 Å². The maximum atomic E-state index is 10.7. The van der Waals surface area contributed by atoms with Gasteiger partial charge in [-0.05, 0) is 36.4 Å². The fourth-order valence-corrected chi connectivity index (χ4v) is 1.59. The highest BCUT2D eigenvalue weighted by Gasteiger charge is 1.96. The van der Waals surface area contributed by atoms with Crippen LogP contribution in [0.15, 0.2) is 58.8 Å². The topological polar surface area (TPSA) is 45.0 Å². The lowest BCUT2D eigenvalue weighted by molar-refractivity contribution is 0.112. The summed E-state index contributed by atoms with van der Waals surface area (Å²) in [6, 6.07) is 14.8. The second-order valence-electron chi connectivity index (χ2n) is 4.32. The number of hydrogen-bond donors (Lipinski definition) is 0. The Labute approximate surface area is 112 Å². The fourth-order valence-electron chi connectivity index (χ4n) is 1.59. The molecule has 0 atom stereocenters. The first-order chi connectivity index (χ1) is 9.19. The van der Waals surface area contributed by atoms with Crippen molar-refractivity contribution in [2.24, 2.45) is 10.2 Å². The second-order valence-corrected chi connectivity index (χ2v) is 4.32. The van der Waals surface area contributed by atoms with Gasteiger partial charge in [-0.15, -0.1) is 0 Å². The van der Waals surface area contributed by atoms with E-state index in [9.17, 15) is 4.79 Å². The quantitative estimate of drug-likeness (QED) is 0.611. The van der Waals surface area contributed by atoms with Crippen molar-refractivity contribution in [2.45, 2.75) is 0 Å². The van der Waals surface area contributed by atoms with Crippen LogP contribution in [-0.4, -0.2) is 20.4 Å². The average molecular weight is 253 g/mol. The van der Waals surface area contributed by atoms with E-state index in [1.807, 2.05) is 49.3 Å². The van der Waals surface area contributed by atoms with Crippen LogP contribution in [0.4, 0.5) is 17.1 Å². The molecule has 0 aromatic heterocycles. The molecular formula is C15H15N3O. The van der Waals surface area contributed by atoms with Crippen molar-refractivity contribution in [2.75, 3.05) is 19.0 Å². The predicted molar refractivity (Wildman–Crippen MR) is 76.8 cm³/mol. The second kappa shape index (κ2) is 5.91. The summed E-state index contributed by atoms with van der Waals surface area (Å²) in [4.78, 5) is 12.7. The van der Waals surface area contributed by atoms with Crippen LogP contribution in [0.25, 0.3) is 0 Å². The van der Waals surface area contributed by atoms with Gasteiger partial charge in [-0.1, -0.05) is 12.1 Å². The van der Waals surface area contributed by atoms with Crippen molar-refractivity contribution >= 4 is 23.3 Å². The summed E-state index contributed by atoms with van der Waals surface area (Å²) in [5, 5.41) is 8.26. The molecule has 0 radical (unpaired) electrons. The molecule has 96 valence electrons. The minimum absolute atomic E-state index is 0.597. The molecule has 2 aromatic carbocycles. The SMILES string of the molecule is CN(C)c1ccc(N=Nc2cccc(C=O)c2)cc1. The molecule has 4 nitrogen and oxygen atoms in total. The summed E-state index contributed by atoms with van der Waals surface area (Å²) in [5.74, 6) is 0. The number of carbonyl (C=O) groups is 1. The van der Waals surface area contributed by atoms with E-state index >= 15 is 0 Å². The van der Waals surface area contributed by atoms with Gasteiger partial charge in [0, 0.05) is 25.3 Å². The first-order valence-corrected chi connectivity index (χ1v) is 5.93. The maximum absolute atomic E-state index is 10.7. The molecule has 0 N–H and O–H groups in total. The molecule has 0 aliphatic rings. The third kappa shape index (κ3) is 3.48. The van der Waals surface area contributed by atoms with Crippen LogP contribution in [0.5, 0.6) is 0 Å². The fraction of sp³-hybridized carbons (Fsp3) is 0.133. The summed E-state index contributed by atoms with van der Waals surface area (Å²) >= 11 is 0. The number of nitrogens with zero attached hydrogens (tertiary/aromatic N) is 3. The number of aldehydes is 1. The van der Waals surface area contributed by atoms with E-state index in [1.165, 1.54) is 0 Å². The molecule has 0 bridgehead atoms. The molecule has 0 aliphatic heterocycles. The Hall–Kier alpha value is -2.49. The Morgan fingerprint density at radius 3 is 2.26 bits per heavy atom. The van der Waals surface area contributed by atoms with Gasteiger partial charge in [-0.25, -0.2) is 0 Å². The van der Waals surface area contributed by atoms with Gasteiger partial charge in [0.1, 0.15) is 6.29 Å². The molecule has 0 heterocycles. The predicted octanol–water partition coefficient (Wildman–Crippen LogP) is 3.98. The van der Waals surface area contributed by atoms with Crippen molar-refractivity contribution < 1.29 is 4.79 Å². The van der Waals surface area contributed by atoms with Crippen LogP contribution >= 0.6 is 0 Å².